The molecule has 2 N–H and O–H groups in total. The Hall–Kier alpha value is -3.32. The van der Waals surface area contributed by atoms with Crippen molar-refractivity contribution in [1.82, 2.24) is 0 Å². The number of nitrogens with one attached hydrogen (secondary N) is 1. The number of hydrogen-bond acceptors (Lipinski definition) is 6. The highest BCUT2D eigenvalue weighted by molar-refractivity contribution is 9.10. The zero-order chi connectivity index (χ0) is 23.3. The van der Waals surface area contributed by atoms with Crippen molar-refractivity contribution in [2.75, 3.05) is 5.32 Å². The molecule has 0 bridgehead atoms. The average molecular weight is 534 g/mol. The lowest BCUT2D eigenvalue weighted by Crippen LogP contribution is -2.13. The van der Waals surface area contributed by atoms with Crippen molar-refractivity contribution in [1.29, 1.82) is 5.26 Å². The molecule has 0 radical (unpaired) electrons. The molecule has 10 heteroatoms. The lowest BCUT2D eigenvalue weighted by atomic mass is 10.1. The van der Waals surface area contributed by atoms with Gasteiger partial charge in [-0.25, -0.2) is 0 Å². The monoisotopic (exact) mass is 532 g/mol. The van der Waals surface area contributed by atoms with E-state index in [9.17, 15) is 23.6 Å². The van der Waals surface area contributed by atoms with Gasteiger partial charge in [-0.15, -0.1) is 0 Å². The number of hydrogen-bond donors (Lipinski definition) is 2. The molecule has 0 aliphatic carbocycles. The average Bonchev–Trinajstić information content (AvgIpc) is 2.75. The number of phenols is 1. The molecule has 3 aromatic rings. The minimum absolute atomic E-state index is 0.0316. The van der Waals surface area contributed by atoms with Gasteiger partial charge in [0.25, 0.3) is 5.91 Å². The molecule has 0 heterocycles. The minimum atomic E-state index is -4.08. The molecule has 0 aromatic heterocycles. The SMILES string of the molecule is N#C/C(=C\c1ccc(OS(=O)(=O)c2ccc(Cl)cc2)c(Br)c1)C(=O)Nc1ccc(O)cc1. The van der Waals surface area contributed by atoms with Crippen LogP contribution < -0.4 is 9.50 Å². The van der Waals surface area contributed by atoms with Gasteiger partial charge < -0.3 is 14.6 Å². The van der Waals surface area contributed by atoms with Gasteiger partial charge in [0.15, 0.2) is 5.75 Å². The summed E-state index contributed by atoms with van der Waals surface area (Å²) in [6, 6.07) is 17.6. The van der Waals surface area contributed by atoms with Gasteiger partial charge in [-0.2, -0.15) is 13.7 Å². The third-order valence-corrected chi connectivity index (χ3v) is 6.18. The maximum Gasteiger partial charge on any atom is 0.339 e. The summed E-state index contributed by atoms with van der Waals surface area (Å²) in [5.41, 5.74) is 0.698. The van der Waals surface area contributed by atoms with Crippen molar-refractivity contribution in [3.8, 4) is 17.6 Å². The third-order valence-electron chi connectivity index (χ3n) is 4.06. The lowest BCUT2D eigenvalue weighted by Gasteiger charge is -2.09. The number of amides is 1. The van der Waals surface area contributed by atoms with E-state index in [2.05, 4.69) is 21.2 Å². The first kappa shape index (κ1) is 23.3. The number of halogens is 2. The maximum atomic E-state index is 12.4. The van der Waals surface area contributed by atoms with E-state index in [0.29, 0.717) is 20.7 Å². The highest BCUT2D eigenvalue weighted by Gasteiger charge is 2.18. The minimum Gasteiger partial charge on any atom is -0.508 e. The number of benzene rings is 3. The Morgan fingerprint density at radius 1 is 1.09 bits per heavy atom. The Morgan fingerprint density at radius 2 is 1.75 bits per heavy atom. The molecular formula is C22H14BrClN2O5S. The van der Waals surface area contributed by atoms with Crippen LogP contribution in [0.15, 0.2) is 81.7 Å². The molecule has 0 aliphatic rings. The van der Waals surface area contributed by atoms with Gasteiger partial charge in [-0.05, 0) is 88.2 Å². The second kappa shape index (κ2) is 9.87. The summed E-state index contributed by atoms with van der Waals surface area (Å²) in [5.74, 6) is -0.562. The highest BCUT2D eigenvalue weighted by atomic mass is 79.9. The summed E-state index contributed by atoms with van der Waals surface area (Å²) >= 11 is 9.03. The number of nitrogens with zero attached hydrogens (tertiary/aromatic N) is 1. The van der Waals surface area contributed by atoms with Crippen LogP contribution in [0.3, 0.4) is 0 Å². The molecule has 0 atom stereocenters. The van der Waals surface area contributed by atoms with Crippen molar-refractivity contribution in [2.45, 2.75) is 4.90 Å². The fourth-order valence-electron chi connectivity index (χ4n) is 2.50. The van der Waals surface area contributed by atoms with Crippen LogP contribution in [0, 0.1) is 11.3 Å². The van der Waals surface area contributed by atoms with E-state index in [1.54, 1.807) is 0 Å². The van der Waals surface area contributed by atoms with Crippen molar-refractivity contribution in [3.05, 3.63) is 87.4 Å². The Labute approximate surface area is 197 Å². The number of carbonyl (C=O) groups excluding carboxylic acids is 1. The number of anilines is 1. The lowest BCUT2D eigenvalue weighted by molar-refractivity contribution is -0.112. The smallest absolute Gasteiger partial charge is 0.339 e. The molecule has 3 aromatic carbocycles. The van der Waals surface area contributed by atoms with E-state index < -0.39 is 16.0 Å². The van der Waals surface area contributed by atoms with E-state index in [0.717, 1.165) is 0 Å². The topological polar surface area (TPSA) is 116 Å². The molecule has 3 rings (SSSR count). The summed E-state index contributed by atoms with van der Waals surface area (Å²) < 4.78 is 30.4. The molecule has 32 heavy (non-hydrogen) atoms. The molecule has 7 nitrogen and oxygen atoms in total. The standard InChI is InChI=1S/C22H14BrClN2O5S/c23-20-12-14(11-15(13-25)22(28)26-17-4-6-18(27)7-5-17)1-10-21(20)31-32(29,30)19-8-2-16(24)3-9-19/h1-12,27H,(H,26,28)/b15-11+. The predicted molar refractivity (Wildman–Crippen MR) is 124 cm³/mol. The summed E-state index contributed by atoms with van der Waals surface area (Å²) in [6.07, 6.45) is 1.35. The Balaban J connectivity index is 1.79. The van der Waals surface area contributed by atoms with Crippen molar-refractivity contribution in [3.63, 3.8) is 0 Å². The van der Waals surface area contributed by atoms with Gasteiger partial charge in [0.1, 0.15) is 22.3 Å². The Kier molecular flexibility index (Phi) is 7.20. The summed E-state index contributed by atoms with van der Waals surface area (Å²) in [6.45, 7) is 0. The van der Waals surface area contributed by atoms with Crippen LogP contribution in [0.1, 0.15) is 5.56 Å². The number of nitriles is 1. The first-order valence-electron chi connectivity index (χ1n) is 8.90. The first-order valence-corrected chi connectivity index (χ1v) is 11.5. The summed E-state index contributed by atoms with van der Waals surface area (Å²) in [4.78, 5) is 12.3. The fraction of sp³-hybridized carbons (Fsp3) is 0. The van der Waals surface area contributed by atoms with Crippen molar-refractivity contribution in [2.24, 2.45) is 0 Å². The normalized spacial score (nSPS) is 11.5. The molecule has 0 fully saturated rings. The zero-order valence-corrected chi connectivity index (χ0v) is 19.3. The molecule has 0 unspecified atom stereocenters. The van der Waals surface area contributed by atoms with Gasteiger partial charge in [-0.1, -0.05) is 17.7 Å². The van der Waals surface area contributed by atoms with Crippen LogP contribution in [-0.4, -0.2) is 19.4 Å². The molecule has 0 aliphatic heterocycles. The predicted octanol–water partition coefficient (Wildman–Crippen LogP) is 5.12. The van der Waals surface area contributed by atoms with Crippen LogP contribution in [0.4, 0.5) is 5.69 Å². The van der Waals surface area contributed by atoms with E-state index in [4.69, 9.17) is 15.8 Å². The third kappa shape index (κ3) is 5.88. The first-order chi connectivity index (χ1) is 15.2. The molecule has 0 saturated heterocycles. The van der Waals surface area contributed by atoms with Crippen molar-refractivity contribution >= 4 is 55.3 Å². The van der Waals surface area contributed by atoms with Crippen molar-refractivity contribution < 1.29 is 22.5 Å². The quantitative estimate of drug-likeness (QED) is 0.197. The van der Waals surface area contributed by atoms with Gasteiger partial charge in [-0.3, -0.25) is 4.79 Å². The van der Waals surface area contributed by atoms with Gasteiger partial charge in [0.2, 0.25) is 0 Å². The zero-order valence-electron chi connectivity index (χ0n) is 16.1. The Bertz CT molecular complexity index is 1330. The van der Waals surface area contributed by atoms with E-state index in [1.807, 2.05) is 6.07 Å². The molecule has 0 saturated carbocycles. The second-order valence-electron chi connectivity index (χ2n) is 6.35. The van der Waals surface area contributed by atoms with E-state index >= 15 is 0 Å². The van der Waals surface area contributed by atoms with Crippen LogP contribution in [0.2, 0.25) is 5.02 Å². The number of carbonyl (C=O) groups is 1. The molecular weight excluding hydrogens is 520 g/mol. The molecule has 0 spiro atoms. The fourth-order valence-corrected chi connectivity index (χ4v) is 4.16. The van der Waals surface area contributed by atoms with Crippen LogP contribution in [0.25, 0.3) is 6.08 Å². The molecule has 162 valence electrons. The van der Waals surface area contributed by atoms with Gasteiger partial charge >= 0.3 is 10.1 Å². The molecule has 1 amide bonds. The summed E-state index contributed by atoms with van der Waals surface area (Å²) in [5, 5.41) is 21.6. The van der Waals surface area contributed by atoms with E-state index in [1.165, 1.54) is 72.8 Å². The van der Waals surface area contributed by atoms with Crippen LogP contribution in [0.5, 0.6) is 11.5 Å². The number of rotatable bonds is 6. The summed E-state index contributed by atoms with van der Waals surface area (Å²) in [7, 11) is -4.08. The highest BCUT2D eigenvalue weighted by Crippen LogP contribution is 2.30. The van der Waals surface area contributed by atoms with Gasteiger partial charge in [0.05, 0.1) is 4.47 Å². The largest absolute Gasteiger partial charge is 0.508 e. The second-order valence-corrected chi connectivity index (χ2v) is 9.19. The van der Waals surface area contributed by atoms with Crippen LogP contribution >= 0.6 is 27.5 Å². The number of aromatic hydroxyl groups is 1. The van der Waals surface area contributed by atoms with Gasteiger partial charge in [0, 0.05) is 10.7 Å². The maximum absolute atomic E-state index is 12.4. The van der Waals surface area contributed by atoms with E-state index in [-0.39, 0.29) is 22.0 Å². The van der Waals surface area contributed by atoms with Crippen LogP contribution in [-0.2, 0) is 14.9 Å². The number of phenolic OH excluding ortho intramolecular Hbond substituents is 1. The Morgan fingerprint density at radius 3 is 2.34 bits per heavy atom.